The van der Waals surface area contributed by atoms with Crippen molar-refractivity contribution in [1.82, 2.24) is 4.98 Å². The summed E-state index contributed by atoms with van der Waals surface area (Å²) >= 11 is 0. The molecule has 1 N–H and O–H groups in total. The molecule has 0 aliphatic rings. The molecule has 0 amide bonds. The normalized spacial score (nSPS) is 11.1. The van der Waals surface area contributed by atoms with Crippen LogP contribution in [0.25, 0.3) is 10.9 Å². The van der Waals surface area contributed by atoms with Crippen LogP contribution in [0.5, 0.6) is 0 Å². The van der Waals surface area contributed by atoms with Crippen molar-refractivity contribution in [1.29, 1.82) is 0 Å². The average Bonchev–Trinajstić information content (AvgIpc) is 2.78. The maximum atomic E-state index is 11.8. The van der Waals surface area contributed by atoms with Crippen LogP contribution in [-0.2, 0) is 4.74 Å². The highest BCUT2D eigenvalue weighted by atomic mass is 16.6. The molecule has 2 rings (SSSR count). The molecular formula is C25H40N4O3. The van der Waals surface area contributed by atoms with Crippen LogP contribution < -0.4 is 10.2 Å². The van der Waals surface area contributed by atoms with Crippen molar-refractivity contribution in [3.8, 4) is 0 Å². The Morgan fingerprint density at radius 2 is 1.59 bits per heavy atom. The highest BCUT2D eigenvalue weighted by Crippen LogP contribution is 2.38. The summed E-state index contributed by atoms with van der Waals surface area (Å²) in [4.78, 5) is 17.6. The fourth-order valence-corrected chi connectivity index (χ4v) is 3.89. The van der Waals surface area contributed by atoms with Crippen molar-refractivity contribution < 1.29 is 9.66 Å². The summed E-state index contributed by atoms with van der Waals surface area (Å²) in [5.74, 6) is 0.350. The third kappa shape index (κ3) is 8.26. The highest BCUT2D eigenvalue weighted by molar-refractivity contribution is 5.99. The number of benzene rings is 1. The topological polar surface area (TPSA) is 80.5 Å². The quantitative estimate of drug-likeness (QED) is 0.169. The summed E-state index contributed by atoms with van der Waals surface area (Å²) in [6.45, 7) is 4.02. The number of rotatable bonds is 17. The van der Waals surface area contributed by atoms with Crippen LogP contribution >= 0.6 is 0 Å². The molecule has 178 valence electrons. The van der Waals surface area contributed by atoms with Crippen molar-refractivity contribution in [3.05, 3.63) is 34.4 Å². The Labute approximate surface area is 192 Å². The summed E-state index contributed by atoms with van der Waals surface area (Å²) < 4.78 is 5.76. The number of fused-ring (bicyclic) bond motifs is 1. The number of nitrogens with zero attached hydrogens (tertiary/aromatic N) is 3. The molecule has 0 spiro atoms. The summed E-state index contributed by atoms with van der Waals surface area (Å²) in [5, 5.41) is 15.8. The second-order valence-corrected chi connectivity index (χ2v) is 8.55. The number of ether oxygens (including phenoxy) is 1. The van der Waals surface area contributed by atoms with Gasteiger partial charge in [-0.25, -0.2) is 4.98 Å². The standard InChI is InChI=1S/C25H40N4O3/c1-4-5-6-7-8-9-10-11-12-15-19-32-20-18-26-23-21-16-13-14-17-22(21)27-25(28(2)3)24(23)29(30)31/h13-14,16-17H,4-12,15,18-20H2,1-3H3,(H,26,27). The number of nitro groups is 1. The molecule has 0 unspecified atom stereocenters. The van der Waals surface area contributed by atoms with Gasteiger partial charge in [0, 0.05) is 32.6 Å². The van der Waals surface area contributed by atoms with Crippen LogP contribution in [0.2, 0.25) is 0 Å². The molecule has 0 atom stereocenters. The number of hydrogen-bond acceptors (Lipinski definition) is 6. The van der Waals surface area contributed by atoms with Crippen molar-refractivity contribution in [2.24, 2.45) is 0 Å². The van der Waals surface area contributed by atoms with Gasteiger partial charge in [0.1, 0.15) is 5.69 Å². The lowest BCUT2D eigenvalue weighted by atomic mass is 10.1. The van der Waals surface area contributed by atoms with Gasteiger partial charge < -0.3 is 15.0 Å². The molecule has 7 heteroatoms. The minimum Gasteiger partial charge on any atom is -0.380 e. The van der Waals surface area contributed by atoms with Crippen molar-refractivity contribution in [3.63, 3.8) is 0 Å². The van der Waals surface area contributed by atoms with Crippen molar-refractivity contribution >= 4 is 28.1 Å². The van der Waals surface area contributed by atoms with Gasteiger partial charge in [-0.1, -0.05) is 82.9 Å². The summed E-state index contributed by atoms with van der Waals surface area (Å²) in [6, 6.07) is 7.50. The van der Waals surface area contributed by atoms with Crippen LogP contribution in [0.3, 0.4) is 0 Å². The van der Waals surface area contributed by atoms with E-state index in [9.17, 15) is 10.1 Å². The molecule has 0 saturated carbocycles. The molecule has 0 saturated heterocycles. The Hall–Kier alpha value is -2.41. The van der Waals surface area contributed by atoms with E-state index in [4.69, 9.17) is 4.74 Å². The number of para-hydroxylation sites is 1. The Balaban J connectivity index is 1.74. The smallest absolute Gasteiger partial charge is 0.335 e. The number of aromatic nitrogens is 1. The molecule has 0 radical (unpaired) electrons. The van der Waals surface area contributed by atoms with Gasteiger partial charge in [0.15, 0.2) is 0 Å². The van der Waals surface area contributed by atoms with Gasteiger partial charge >= 0.3 is 5.69 Å². The molecular weight excluding hydrogens is 404 g/mol. The first-order valence-electron chi connectivity index (χ1n) is 12.1. The van der Waals surface area contributed by atoms with Gasteiger partial charge in [0.25, 0.3) is 0 Å². The molecule has 0 bridgehead atoms. The first kappa shape index (κ1) is 25.8. The van der Waals surface area contributed by atoms with E-state index in [0.29, 0.717) is 24.7 Å². The Morgan fingerprint density at radius 3 is 2.22 bits per heavy atom. The van der Waals surface area contributed by atoms with Gasteiger partial charge in [-0.2, -0.15) is 0 Å². The number of nitrogens with one attached hydrogen (secondary N) is 1. The molecule has 7 nitrogen and oxygen atoms in total. The molecule has 0 aliphatic heterocycles. The zero-order valence-electron chi connectivity index (χ0n) is 20.1. The van der Waals surface area contributed by atoms with E-state index >= 15 is 0 Å². The van der Waals surface area contributed by atoms with E-state index in [1.807, 2.05) is 24.3 Å². The molecule has 1 aromatic heterocycles. The van der Waals surface area contributed by atoms with Gasteiger partial charge in [-0.15, -0.1) is 0 Å². The highest BCUT2D eigenvalue weighted by Gasteiger charge is 2.25. The van der Waals surface area contributed by atoms with E-state index in [2.05, 4.69) is 17.2 Å². The first-order chi connectivity index (χ1) is 15.6. The molecule has 0 fully saturated rings. The fourth-order valence-electron chi connectivity index (χ4n) is 3.89. The first-order valence-corrected chi connectivity index (χ1v) is 12.1. The molecule has 2 aromatic rings. The van der Waals surface area contributed by atoms with E-state index in [1.54, 1.807) is 19.0 Å². The monoisotopic (exact) mass is 444 g/mol. The second-order valence-electron chi connectivity index (χ2n) is 8.55. The lowest BCUT2D eigenvalue weighted by molar-refractivity contribution is -0.383. The fraction of sp³-hybridized carbons (Fsp3) is 0.640. The Bertz CT molecular complexity index is 826. The van der Waals surface area contributed by atoms with Gasteiger partial charge in [-0.3, -0.25) is 10.1 Å². The summed E-state index contributed by atoms with van der Waals surface area (Å²) in [7, 11) is 3.53. The maximum Gasteiger partial charge on any atom is 0.335 e. The summed E-state index contributed by atoms with van der Waals surface area (Å²) in [5.41, 5.74) is 1.24. The second kappa shape index (κ2) is 14.6. The van der Waals surface area contributed by atoms with E-state index < -0.39 is 0 Å². The number of pyridine rings is 1. The van der Waals surface area contributed by atoms with E-state index in [-0.39, 0.29) is 10.6 Å². The Kier molecular flexibility index (Phi) is 11.8. The van der Waals surface area contributed by atoms with Gasteiger partial charge in [0.05, 0.1) is 17.0 Å². The third-order valence-corrected chi connectivity index (χ3v) is 5.64. The molecule has 0 aliphatic carbocycles. The van der Waals surface area contributed by atoms with Crippen LogP contribution in [0.15, 0.2) is 24.3 Å². The van der Waals surface area contributed by atoms with Crippen LogP contribution in [-0.4, -0.2) is 43.8 Å². The lowest BCUT2D eigenvalue weighted by Crippen LogP contribution is -2.16. The minimum atomic E-state index is -0.359. The minimum absolute atomic E-state index is 0.00314. The van der Waals surface area contributed by atoms with E-state index in [0.717, 1.165) is 23.9 Å². The van der Waals surface area contributed by atoms with Crippen molar-refractivity contribution in [2.75, 3.05) is 44.1 Å². The molecule has 1 aromatic carbocycles. The number of unbranched alkanes of at least 4 members (excludes halogenated alkanes) is 9. The van der Waals surface area contributed by atoms with Gasteiger partial charge in [-0.05, 0) is 12.5 Å². The van der Waals surface area contributed by atoms with Crippen LogP contribution in [0.4, 0.5) is 17.2 Å². The van der Waals surface area contributed by atoms with E-state index in [1.165, 1.54) is 57.8 Å². The predicted octanol–water partition coefficient (Wildman–Crippen LogP) is 6.56. The summed E-state index contributed by atoms with van der Waals surface area (Å²) in [6.07, 6.45) is 13.0. The number of anilines is 2. The lowest BCUT2D eigenvalue weighted by Gasteiger charge is -2.17. The molecule has 32 heavy (non-hydrogen) atoms. The van der Waals surface area contributed by atoms with Gasteiger partial charge in [0.2, 0.25) is 5.82 Å². The SMILES string of the molecule is CCCCCCCCCCCCOCCNc1c([N+](=O)[O-])c(N(C)C)nc2ccccc12. The van der Waals surface area contributed by atoms with Crippen LogP contribution in [0, 0.1) is 10.1 Å². The van der Waals surface area contributed by atoms with Crippen LogP contribution in [0.1, 0.15) is 71.1 Å². The maximum absolute atomic E-state index is 11.8. The Morgan fingerprint density at radius 1 is 0.969 bits per heavy atom. The number of hydrogen-bond donors (Lipinski definition) is 1. The zero-order valence-corrected chi connectivity index (χ0v) is 20.1. The average molecular weight is 445 g/mol. The predicted molar refractivity (Wildman–Crippen MR) is 134 cm³/mol. The van der Waals surface area contributed by atoms with Crippen molar-refractivity contribution in [2.45, 2.75) is 71.1 Å². The zero-order chi connectivity index (χ0) is 23.2. The third-order valence-electron chi connectivity index (χ3n) is 5.64. The largest absolute Gasteiger partial charge is 0.380 e. The molecule has 1 heterocycles.